The van der Waals surface area contributed by atoms with Crippen molar-refractivity contribution in [1.82, 2.24) is 15.1 Å². The van der Waals surface area contributed by atoms with Crippen LogP contribution in [0.3, 0.4) is 0 Å². The van der Waals surface area contributed by atoms with Gasteiger partial charge < -0.3 is 10.1 Å². The third kappa shape index (κ3) is 4.18. The molecule has 0 aliphatic carbocycles. The van der Waals surface area contributed by atoms with Gasteiger partial charge in [-0.25, -0.2) is 9.48 Å². The van der Waals surface area contributed by atoms with E-state index in [2.05, 4.69) is 10.4 Å². The van der Waals surface area contributed by atoms with Crippen LogP contribution in [0.15, 0.2) is 54.0 Å². The Morgan fingerprint density at radius 3 is 2.62 bits per heavy atom. The summed E-state index contributed by atoms with van der Waals surface area (Å²) in [5, 5.41) is 8.92. The second-order valence-electron chi connectivity index (χ2n) is 5.78. The number of hydrogen-bond donors (Lipinski definition) is 1. The van der Waals surface area contributed by atoms with Gasteiger partial charge in [-0.1, -0.05) is 6.07 Å². The van der Waals surface area contributed by atoms with Crippen molar-refractivity contribution in [1.29, 1.82) is 0 Å². The lowest BCUT2D eigenvalue weighted by Gasteiger charge is -2.13. The van der Waals surface area contributed by atoms with Crippen LogP contribution in [-0.2, 0) is 16.1 Å². The number of aromatic nitrogens is 2. The van der Waals surface area contributed by atoms with Gasteiger partial charge in [-0.05, 0) is 55.6 Å². The van der Waals surface area contributed by atoms with E-state index in [1.807, 2.05) is 30.5 Å². The molecule has 0 saturated heterocycles. The first-order chi connectivity index (χ1) is 12.5. The van der Waals surface area contributed by atoms with Crippen LogP contribution in [0.2, 0.25) is 0 Å². The molecule has 0 aliphatic heterocycles. The number of aryl methyl sites for hydroxylation is 1. The minimum Gasteiger partial charge on any atom is -0.449 e. The summed E-state index contributed by atoms with van der Waals surface area (Å²) in [7, 11) is 0. The average Bonchev–Trinajstić information content (AvgIpc) is 3.31. The second-order valence-corrected chi connectivity index (χ2v) is 6.81. The molecule has 0 saturated carbocycles. The topological polar surface area (TPSA) is 73.2 Å². The zero-order chi connectivity index (χ0) is 18.5. The normalized spacial score (nSPS) is 11.8. The van der Waals surface area contributed by atoms with Gasteiger partial charge in [0.2, 0.25) is 0 Å². The van der Waals surface area contributed by atoms with Gasteiger partial charge >= 0.3 is 5.97 Å². The van der Waals surface area contributed by atoms with Crippen molar-refractivity contribution in [3.8, 4) is 5.69 Å². The molecule has 3 rings (SSSR count). The number of esters is 1. The summed E-state index contributed by atoms with van der Waals surface area (Å²) in [4.78, 5) is 25.3. The predicted molar refractivity (Wildman–Crippen MR) is 99.3 cm³/mol. The van der Waals surface area contributed by atoms with Crippen molar-refractivity contribution in [2.45, 2.75) is 26.5 Å². The molecule has 1 amide bonds. The van der Waals surface area contributed by atoms with Crippen LogP contribution >= 0.6 is 11.3 Å². The minimum atomic E-state index is -0.865. The number of nitrogens with zero attached hydrogens (tertiary/aromatic N) is 2. The molecule has 3 aromatic rings. The maximum Gasteiger partial charge on any atom is 0.338 e. The molecule has 1 unspecified atom stereocenters. The molecule has 7 heteroatoms. The fourth-order valence-electron chi connectivity index (χ4n) is 2.39. The monoisotopic (exact) mass is 369 g/mol. The summed E-state index contributed by atoms with van der Waals surface area (Å²) in [6.45, 7) is 3.94. The fourth-order valence-corrected chi connectivity index (χ4v) is 3.04. The molecule has 2 aromatic heterocycles. The highest BCUT2D eigenvalue weighted by atomic mass is 32.1. The lowest BCUT2D eigenvalue weighted by Crippen LogP contribution is -2.35. The Hall–Kier alpha value is -2.93. The Morgan fingerprint density at radius 1 is 1.23 bits per heavy atom. The SMILES string of the molecule is Cc1ccnn1-c1ccc(C(=O)OC(C)C(=O)NCc2cccs2)cc1. The van der Waals surface area contributed by atoms with Crippen molar-refractivity contribution >= 4 is 23.2 Å². The van der Waals surface area contributed by atoms with E-state index in [0.29, 0.717) is 12.1 Å². The molecule has 1 aromatic carbocycles. The van der Waals surface area contributed by atoms with Gasteiger partial charge in [-0.2, -0.15) is 5.10 Å². The van der Waals surface area contributed by atoms with Gasteiger partial charge in [0.05, 0.1) is 17.8 Å². The number of amides is 1. The lowest BCUT2D eigenvalue weighted by atomic mass is 10.2. The smallest absolute Gasteiger partial charge is 0.338 e. The first-order valence-electron chi connectivity index (χ1n) is 8.17. The van der Waals surface area contributed by atoms with Crippen molar-refractivity contribution in [2.24, 2.45) is 0 Å². The summed E-state index contributed by atoms with van der Waals surface area (Å²) >= 11 is 1.56. The zero-order valence-electron chi connectivity index (χ0n) is 14.5. The van der Waals surface area contributed by atoms with Gasteiger partial charge in [0.25, 0.3) is 5.91 Å². The molecular weight excluding hydrogens is 350 g/mol. The number of rotatable bonds is 6. The number of carbonyl (C=O) groups is 2. The molecule has 0 bridgehead atoms. The molecule has 26 heavy (non-hydrogen) atoms. The number of thiophene rings is 1. The Morgan fingerprint density at radius 2 is 2.00 bits per heavy atom. The molecule has 1 N–H and O–H groups in total. The number of nitrogens with one attached hydrogen (secondary N) is 1. The average molecular weight is 369 g/mol. The van der Waals surface area contributed by atoms with Crippen molar-refractivity contribution < 1.29 is 14.3 Å². The van der Waals surface area contributed by atoms with Crippen molar-refractivity contribution in [3.63, 3.8) is 0 Å². The Kier molecular flexibility index (Phi) is 5.48. The van der Waals surface area contributed by atoms with Crippen LogP contribution in [0.4, 0.5) is 0 Å². The maximum atomic E-state index is 12.2. The van der Waals surface area contributed by atoms with E-state index in [0.717, 1.165) is 16.3 Å². The number of ether oxygens (including phenoxy) is 1. The Balaban J connectivity index is 1.57. The molecule has 1 atom stereocenters. The van der Waals surface area contributed by atoms with E-state index < -0.39 is 12.1 Å². The third-order valence-corrected chi connectivity index (χ3v) is 4.73. The van der Waals surface area contributed by atoms with E-state index in [4.69, 9.17) is 4.74 Å². The van der Waals surface area contributed by atoms with Crippen LogP contribution in [0.1, 0.15) is 27.9 Å². The third-order valence-electron chi connectivity index (χ3n) is 3.85. The van der Waals surface area contributed by atoms with Crippen LogP contribution < -0.4 is 5.32 Å². The highest BCUT2D eigenvalue weighted by molar-refractivity contribution is 7.09. The standard InChI is InChI=1S/C19H19N3O3S/c1-13-9-10-21-22(13)16-7-5-15(6-8-16)19(24)25-14(2)18(23)20-12-17-4-3-11-26-17/h3-11,14H,12H2,1-2H3,(H,20,23). The van der Waals surface area contributed by atoms with Gasteiger partial charge in [0.1, 0.15) is 0 Å². The molecule has 0 radical (unpaired) electrons. The first kappa shape index (κ1) is 17.9. The van der Waals surface area contributed by atoms with Crippen molar-refractivity contribution in [3.05, 3.63) is 70.2 Å². The summed E-state index contributed by atoms with van der Waals surface area (Å²) in [6.07, 6.45) is 0.851. The fraction of sp³-hybridized carbons (Fsp3) is 0.211. The van der Waals surface area contributed by atoms with Crippen molar-refractivity contribution in [2.75, 3.05) is 0 Å². The number of carbonyl (C=O) groups excluding carboxylic acids is 2. The summed E-state index contributed by atoms with van der Waals surface area (Å²) < 4.78 is 7.03. The Bertz CT molecular complexity index is 885. The van der Waals surface area contributed by atoms with Gasteiger partial charge in [-0.15, -0.1) is 11.3 Å². The van der Waals surface area contributed by atoms with E-state index in [1.165, 1.54) is 0 Å². The predicted octanol–water partition coefficient (Wildman–Crippen LogP) is 3.10. The summed E-state index contributed by atoms with van der Waals surface area (Å²) in [5.41, 5.74) is 2.23. The van der Waals surface area contributed by atoms with Crippen LogP contribution in [0, 0.1) is 6.92 Å². The van der Waals surface area contributed by atoms with Crippen LogP contribution in [0.25, 0.3) is 5.69 Å². The van der Waals surface area contributed by atoms with Crippen LogP contribution in [0.5, 0.6) is 0 Å². The number of hydrogen-bond acceptors (Lipinski definition) is 5. The van der Waals surface area contributed by atoms with E-state index >= 15 is 0 Å². The minimum absolute atomic E-state index is 0.324. The van der Waals surface area contributed by atoms with Gasteiger partial charge in [-0.3, -0.25) is 4.79 Å². The molecule has 2 heterocycles. The quantitative estimate of drug-likeness (QED) is 0.678. The molecule has 0 aliphatic rings. The molecule has 134 valence electrons. The van der Waals surface area contributed by atoms with Gasteiger partial charge in [0.15, 0.2) is 6.10 Å². The molecule has 0 spiro atoms. The molecular formula is C19H19N3O3S. The highest BCUT2D eigenvalue weighted by Crippen LogP contribution is 2.13. The largest absolute Gasteiger partial charge is 0.449 e. The molecule has 6 nitrogen and oxygen atoms in total. The van der Waals surface area contributed by atoms with E-state index in [-0.39, 0.29) is 5.91 Å². The van der Waals surface area contributed by atoms with E-state index in [9.17, 15) is 9.59 Å². The summed E-state index contributed by atoms with van der Waals surface area (Å²) in [6, 6.07) is 12.7. The first-order valence-corrected chi connectivity index (χ1v) is 9.04. The van der Waals surface area contributed by atoms with E-state index in [1.54, 1.807) is 53.4 Å². The maximum absolute atomic E-state index is 12.2. The molecule has 0 fully saturated rings. The highest BCUT2D eigenvalue weighted by Gasteiger charge is 2.19. The zero-order valence-corrected chi connectivity index (χ0v) is 15.3. The lowest BCUT2D eigenvalue weighted by molar-refractivity contribution is -0.129. The van der Waals surface area contributed by atoms with Gasteiger partial charge in [0, 0.05) is 16.8 Å². The van der Waals surface area contributed by atoms with Crippen LogP contribution in [-0.4, -0.2) is 27.8 Å². The second kappa shape index (κ2) is 7.97. The number of benzene rings is 1. The summed E-state index contributed by atoms with van der Waals surface area (Å²) in [5.74, 6) is -0.858. The Labute approximate surface area is 155 Å².